The van der Waals surface area contributed by atoms with Crippen molar-refractivity contribution >= 4 is 34.6 Å². The van der Waals surface area contributed by atoms with Gasteiger partial charge in [0.1, 0.15) is 23.4 Å². The number of nitrogens with one attached hydrogen (secondary N) is 3. The van der Waals surface area contributed by atoms with E-state index in [1.165, 1.54) is 5.01 Å². The molecule has 5 heterocycles. The van der Waals surface area contributed by atoms with Crippen LogP contribution in [0.3, 0.4) is 0 Å². The summed E-state index contributed by atoms with van der Waals surface area (Å²) in [5.74, 6) is -1.55. The largest absolute Gasteiger partial charge is 0.508 e. The number of carbonyl (C=O) groups is 4. The summed E-state index contributed by atoms with van der Waals surface area (Å²) >= 11 is 0. The van der Waals surface area contributed by atoms with Crippen LogP contribution in [-0.2, 0) is 48.0 Å². The second-order valence-corrected chi connectivity index (χ2v) is 20.3. The number of phenolic OH excluding ortho intramolecular Hbond substituents is 1. The van der Waals surface area contributed by atoms with Crippen molar-refractivity contribution in [3.63, 3.8) is 0 Å². The third kappa shape index (κ3) is 9.01. The maximum atomic E-state index is 14.8. The van der Waals surface area contributed by atoms with Crippen LogP contribution < -0.4 is 16.1 Å². The number of piperidine rings is 1. The quantitative estimate of drug-likeness (QED) is 0.140. The van der Waals surface area contributed by atoms with E-state index in [9.17, 15) is 24.3 Å². The predicted octanol–water partition coefficient (Wildman–Crippen LogP) is 6.32. The van der Waals surface area contributed by atoms with Crippen molar-refractivity contribution < 1.29 is 33.8 Å². The number of hydrogen-bond donors (Lipinski definition) is 4. The van der Waals surface area contributed by atoms with Crippen LogP contribution >= 0.6 is 0 Å². The molecule has 4 aliphatic rings. The molecular formula is C51H67N7O7. The van der Waals surface area contributed by atoms with Gasteiger partial charge in [-0.2, -0.15) is 0 Å². The van der Waals surface area contributed by atoms with Gasteiger partial charge in [0, 0.05) is 73.7 Å². The van der Waals surface area contributed by atoms with Crippen LogP contribution in [0.2, 0.25) is 0 Å². The zero-order chi connectivity index (χ0) is 46.5. The van der Waals surface area contributed by atoms with Gasteiger partial charge in [0.15, 0.2) is 0 Å². The van der Waals surface area contributed by atoms with Crippen molar-refractivity contribution in [2.75, 3.05) is 33.9 Å². The number of aromatic hydroxyl groups is 1. The maximum absolute atomic E-state index is 14.8. The highest BCUT2D eigenvalue weighted by Gasteiger charge is 2.47. The number of nitrogens with zero attached hydrogens (tertiary/aromatic N) is 4. The van der Waals surface area contributed by atoms with E-state index >= 15 is 0 Å². The zero-order valence-corrected chi connectivity index (χ0v) is 39.5. The molecular weight excluding hydrogens is 823 g/mol. The molecule has 4 aromatic rings. The number of cyclic esters (lactones) is 1. The molecule has 3 unspecified atom stereocenters. The minimum absolute atomic E-state index is 0.0170. The molecule has 8 bridgehead atoms. The fourth-order valence-corrected chi connectivity index (χ4v) is 11.0. The Balaban J connectivity index is 1.23. The van der Waals surface area contributed by atoms with Crippen molar-refractivity contribution in [1.29, 1.82) is 0 Å². The van der Waals surface area contributed by atoms with E-state index in [-0.39, 0.29) is 48.5 Å². The molecule has 14 nitrogen and oxygen atoms in total. The van der Waals surface area contributed by atoms with E-state index in [0.29, 0.717) is 44.0 Å². The Labute approximate surface area is 382 Å². The normalized spacial score (nSPS) is 25.3. The Bertz CT molecular complexity index is 2480. The molecule has 4 N–H and O–H groups in total. The Hall–Kier alpha value is -5.31. The number of ether oxygens (including phenoxy) is 2. The van der Waals surface area contributed by atoms with Crippen molar-refractivity contribution in [3.8, 4) is 28.1 Å². The number of amides is 3. The summed E-state index contributed by atoms with van der Waals surface area (Å²) in [6.45, 7) is 15.8. The first kappa shape index (κ1) is 46.2. The smallest absolute Gasteiger partial charge is 0.327 e. The van der Waals surface area contributed by atoms with Crippen molar-refractivity contribution in [1.82, 2.24) is 35.5 Å². The summed E-state index contributed by atoms with van der Waals surface area (Å²) in [5, 5.41) is 20.4. The standard InChI is InChI=1S/C51H67N7O7/c1-10-57-42-15-14-32-24-39(42)40(45(57)37-13-11-17-52-43(37)30(4)64-9)26-50(5,6)28-65-49(63)51(7)16-12-18-58(55-51)48(62)41(21-31-19-33(32)23-36(59)20-31)54-46(60)44(29(2)3)56(8)47(61)38-25-35-22-34(38)27-53-35/h11,13-15,17,19-20,23-24,29-30,34-35,38,41,44,53,55,59H,10,12,16,18,21-22,25-28H2,1-9H3,(H,54,60)/t30-,34?,35?,38?,41-,44-,51+/m0/s1. The van der Waals surface area contributed by atoms with E-state index in [2.05, 4.69) is 59.6 Å². The SMILES string of the molecule is CCn1c(-c2cccnc2[C@H](C)OC)c2c3cc(ccc31)-c1cc(O)cc(c1)C[C@H](NC(=O)[C@H](C(C)C)N(C)C(=O)C1CC3CC1CN3)C(=O)N1CCC[C@@](C)(N1)C(=O)OCC(C)(C)C2. The van der Waals surface area contributed by atoms with Crippen LogP contribution in [0.15, 0.2) is 54.7 Å². The van der Waals surface area contributed by atoms with Gasteiger partial charge in [-0.15, -0.1) is 0 Å². The van der Waals surface area contributed by atoms with Crippen LogP contribution in [-0.4, -0.2) is 106 Å². The van der Waals surface area contributed by atoms with Crippen LogP contribution in [0.25, 0.3) is 33.3 Å². The van der Waals surface area contributed by atoms with Gasteiger partial charge >= 0.3 is 5.97 Å². The molecule has 1 saturated carbocycles. The number of likely N-dealkylation sites (N-methyl/N-ethyl adjacent to an activating group) is 1. The molecule has 2 aromatic heterocycles. The highest BCUT2D eigenvalue weighted by atomic mass is 16.5. The minimum atomic E-state index is -1.23. The minimum Gasteiger partial charge on any atom is -0.508 e. The number of benzene rings is 2. The molecule has 2 aromatic carbocycles. The Morgan fingerprint density at radius 2 is 1.86 bits per heavy atom. The number of pyridine rings is 1. The molecule has 2 saturated heterocycles. The van der Waals surface area contributed by atoms with Gasteiger partial charge in [-0.05, 0) is 130 Å². The fraction of sp³-hybridized carbons (Fsp3) is 0.549. The first-order chi connectivity index (χ1) is 30.9. The Kier molecular flexibility index (Phi) is 12.9. The van der Waals surface area contributed by atoms with E-state index in [1.54, 1.807) is 44.3 Å². The molecule has 3 aliphatic heterocycles. The van der Waals surface area contributed by atoms with Gasteiger partial charge in [0.2, 0.25) is 11.8 Å². The number of carbonyl (C=O) groups excluding carboxylic acids is 4. The van der Waals surface area contributed by atoms with Crippen LogP contribution in [0.5, 0.6) is 5.75 Å². The summed E-state index contributed by atoms with van der Waals surface area (Å²) < 4.78 is 14.4. The van der Waals surface area contributed by atoms with Gasteiger partial charge < -0.3 is 34.7 Å². The summed E-state index contributed by atoms with van der Waals surface area (Å²) in [6, 6.07) is 14.0. The molecule has 3 fully saturated rings. The third-order valence-electron chi connectivity index (χ3n) is 14.4. The third-order valence-corrected chi connectivity index (χ3v) is 14.4. The number of aryl methyl sites for hydroxylation is 1. The number of phenols is 1. The lowest BCUT2D eigenvalue weighted by atomic mass is 9.84. The lowest BCUT2D eigenvalue weighted by Crippen LogP contribution is -2.66. The highest BCUT2D eigenvalue weighted by molar-refractivity contribution is 5.96. The maximum Gasteiger partial charge on any atom is 0.327 e. The predicted molar refractivity (Wildman–Crippen MR) is 249 cm³/mol. The summed E-state index contributed by atoms with van der Waals surface area (Å²) in [7, 11) is 3.37. The number of methoxy groups -OCH3 is 1. The monoisotopic (exact) mass is 890 g/mol. The van der Waals surface area contributed by atoms with Gasteiger partial charge in [-0.1, -0.05) is 39.8 Å². The van der Waals surface area contributed by atoms with E-state index < -0.39 is 40.8 Å². The first-order valence-electron chi connectivity index (χ1n) is 23.4. The van der Waals surface area contributed by atoms with Crippen LogP contribution in [0, 0.1) is 23.2 Å². The number of aromatic nitrogens is 2. The molecule has 3 amide bonds. The second kappa shape index (κ2) is 18.2. The van der Waals surface area contributed by atoms with Gasteiger partial charge in [-0.3, -0.25) is 24.4 Å². The van der Waals surface area contributed by atoms with Crippen molar-refractivity contribution in [2.45, 2.75) is 123 Å². The molecule has 0 radical (unpaired) electrons. The van der Waals surface area contributed by atoms with Crippen molar-refractivity contribution in [2.24, 2.45) is 23.2 Å². The Morgan fingerprint density at radius 1 is 1.08 bits per heavy atom. The van der Waals surface area contributed by atoms with Gasteiger partial charge in [-0.25, -0.2) is 10.2 Å². The fourth-order valence-electron chi connectivity index (χ4n) is 11.0. The highest BCUT2D eigenvalue weighted by Crippen LogP contribution is 2.43. The van der Waals surface area contributed by atoms with E-state index in [0.717, 1.165) is 63.9 Å². The molecule has 65 heavy (non-hydrogen) atoms. The average Bonchev–Trinajstić information content (AvgIpc) is 4.00. The van der Waals surface area contributed by atoms with Gasteiger partial charge in [0.25, 0.3) is 5.91 Å². The zero-order valence-electron chi connectivity index (χ0n) is 39.5. The first-order valence-corrected chi connectivity index (χ1v) is 23.4. The molecule has 348 valence electrons. The molecule has 8 rings (SSSR count). The number of fused-ring (bicyclic) bond motifs is 8. The number of hydrazine groups is 1. The molecule has 1 aliphatic carbocycles. The number of hydrogen-bond acceptors (Lipinski definition) is 10. The number of rotatable bonds is 9. The molecule has 7 atom stereocenters. The summed E-state index contributed by atoms with van der Waals surface area (Å²) in [4.78, 5) is 64.1. The Morgan fingerprint density at radius 3 is 2.55 bits per heavy atom. The average molecular weight is 890 g/mol. The van der Waals surface area contributed by atoms with Crippen molar-refractivity contribution in [3.05, 3.63) is 71.5 Å². The second-order valence-electron chi connectivity index (χ2n) is 20.3. The summed E-state index contributed by atoms with van der Waals surface area (Å²) in [5.41, 5.74) is 8.57. The molecule has 0 spiro atoms. The van der Waals surface area contributed by atoms with E-state index in [4.69, 9.17) is 14.5 Å². The molecule has 14 heteroatoms. The summed E-state index contributed by atoms with van der Waals surface area (Å²) in [6.07, 6.45) is 4.75. The number of esters is 1. The van der Waals surface area contributed by atoms with Crippen LogP contribution in [0.4, 0.5) is 0 Å². The lowest BCUT2D eigenvalue weighted by molar-refractivity contribution is -0.162. The van der Waals surface area contributed by atoms with E-state index in [1.807, 2.05) is 39.0 Å². The van der Waals surface area contributed by atoms with Gasteiger partial charge in [0.05, 0.1) is 24.1 Å². The topological polar surface area (TPSA) is 167 Å². The lowest BCUT2D eigenvalue weighted by Gasteiger charge is -2.41. The van der Waals surface area contributed by atoms with Crippen LogP contribution in [0.1, 0.15) is 97.1 Å².